The third kappa shape index (κ3) is 5.27. The minimum absolute atomic E-state index is 0.0567. The number of carbonyl (C=O) groups excluding carboxylic acids is 1. The molecule has 1 unspecified atom stereocenters. The van der Waals surface area contributed by atoms with Crippen LogP contribution >= 0.6 is 0 Å². The molecule has 5 heteroatoms. The first-order valence-corrected chi connectivity index (χ1v) is 7.33. The average molecular weight is 294 g/mol. The maximum Gasteiger partial charge on any atom is 0.228 e. The lowest BCUT2D eigenvalue weighted by atomic mass is 9.96. The predicted molar refractivity (Wildman–Crippen MR) is 84.8 cm³/mol. The van der Waals surface area contributed by atoms with E-state index in [1.807, 2.05) is 6.92 Å². The summed E-state index contributed by atoms with van der Waals surface area (Å²) in [5.41, 5.74) is 6.38. The van der Waals surface area contributed by atoms with Gasteiger partial charge in [0, 0.05) is 18.3 Å². The van der Waals surface area contributed by atoms with Gasteiger partial charge in [-0.15, -0.1) is 0 Å². The molecular weight excluding hydrogens is 268 g/mol. The number of ether oxygens (including phenoxy) is 2. The van der Waals surface area contributed by atoms with Gasteiger partial charge in [0.25, 0.3) is 0 Å². The van der Waals surface area contributed by atoms with E-state index in [4.69, 9.17) is 15.2 Å². The third-order valence-electron chi connectivity index (χ3n) is 3.14. The molecule has 21 heavy (non-hydrogen) atoms. The zero-order chi connectivity index (χ0) is 15.8. The fourth-order valence-electron chi connectivity index (χ4n) is 2.15. The number of benzene rings is 1. The molecule has 1 atom stereocenters. The molecule has 0 aliphatic heterocycles. The molecule has 0 radical (unpaired) electrons. The lowest BCUT2D eigenvalue weighted by Crippen LogP contribution is -2.30. The Bertz CT molecular complexity index is 461. The van der Waals surface area contributed by atoms with Gasteiger partial charge in [0.1, 0.15) is 0 Å². The molecule has 3 N–H and O–H groups in total. The van der Waals surface area contributed by atoms with E-state index in [0.29, 0.717) is 36.3 Å². The van der Waals surface area contributed by atoms with E-state index in [0.717, 1.165) is 6.42 Å². The highest BCUT2D eigenvalue weighted by Gasteiger charge is 2.18. The molecule has 1 amide bonds. The summed E-state index contributed by atoms with van der Waals surface area (Å²) < 4.78 is 10.7. The summed E-state index contributed by atoms with van der Waals surface area (Å²) in [5.74, 6) is 1.46. The zero-order valence-corrected chi connectivity index (χ0v) is 13.3. The van der Waals surface area contributed by atoms with Crippen LogP contribution < -0.4 is 20.5 Å². The number of amides is 1. The Morgan fingerprint density at radius 1 is 1.33 bits per heavy atom. The molecule has 0 aliphatic rings. The molecule has 0 saturated carbocycles. The molecule has 1 rings (SSSR count). The number of rotatable bonds is 8. The minimum atomic E-state index is -0.178. The molecule has 0 spiro atoms. The van der Waals surface area contributed by atoms with E-state index < -0.39 is 0 Å². The average Bonchev–Trinajstić information content (AvgIpc) is 2.45. The Balaban J connectivity index is 2.81. The highest BCUT2D eigenvalue weighted by Crippen LogP contribution is 2.30. The van der Waals surface area contributed by atoms with Crippen LogP contribution in [0.3, 0.4) is 0 Å². The van der Waals surface area contributed by atoms with Crippen LogP contribution in [0.2, 0.25) is 0 Å². The number of nitrogens with two attached hydrogens (primary N) is 1. The lowest BCUT2D eigenvalue weighted by Gasteiger charge is -2.17. The molecule has 0 aliphatic carbocycles. The molecule has 0 aromatic heterocycles. The topological polar surface area (TPSA) is 73.6 Å². The Labute approximate surface area is 126 Å². The van der Waals surface area contributed by atoms with Gasteiger partial charge < -0.3 is 20.5 Å². The molecule has 118 valence electrons. The largest absolute Gasteiger partial charge is 0.493 e. The predicted octanol–water partition coefficient (Wildman–Crippen LogP) is 2.65. The zero-order valence-electron chi connectivity index (χ0n) is 13.3. The van der Waals surface area contributed by atoms with Crippen molar-refractivity contribution >= 4 is 11.6 Å². The Morgan fingerprint density at radius 3 is 2.57 bits per heavy atom. The van der Waals surface area contributed by atoms with Crippen molar-refractivity contribution in [3.8, 4) is 11.5 Å². The number of methoxy groups -OCH3 is 1. The second-order valence-electron chi connectivity index (χ2n) is 5.35. The summed E-state index contributed by atoms with van der Waals surface area (Å²) in [7, 11) is 1.59. The van der Waals surface area contributed by atoms with Gasteiger partial charge in [-0.3, -0.25) is 4.79 Å². The van der Waals surface area contributed by atoms with Gasteiger partial charge in [0.15, 0.2) is 11.5 Å². The fourth-order valence-corrected chi connectivity index (χ4v) is 2.15. The van der Waals surface area contributed by atoms with Gasteiger partial charge in [-0.2, -0.15) is 0 Å². The van der Waals surface area contributed by atoms with Crippen LogP contribution in [-0.2, 0) is 4.79 Å². The van der Waals surface area contributed by atoms with E-state index in [-0.39, 0.29) is 11.8 Å². The van der Waals surface area contributed by atoms with Crippen LogP contribution in [0.5, 0.6) is 11.5 Å². The van der Waals surface area contributed by atoms with E-state index in [1.165, 1.54) is 0 Å². The highest BCUT2D eigenvalue weighted by molar-refractivity contribution is 5.93. The maximum atomic E-state index is 12.2. The van der Waals surface area contributed by atoms with Crippen LogP contribution in [0, 0.1) is 11.8 Å². The quantitative estimate of drug-likeness (QED) is 0.773. The van der Waals surface area contributed by atoms with E-state index in [1.54, 1.807) is 25.3 Å². The Kier molecular flexibility index (Phi) is 7.02. The molecule has 1 aromatic rings. The van der Waals surface area contributed by atoms with Crippen molar-refractivity contribution in [3.63, 3.8) is 0 Å². The van der Waals surface area contributed by atoms with Crippen LogP contribution in [0.25, 0.3) is 0 Å². The Morgan fingerprint density at radius 2 is 2.05 bits per heavy atom. The van der Waals surface area contributed by atoms with Gasteiger partial charge in [0.2, 0.25) is 5.91 Å². The normalized spacial score (nSPS) is 12.1. The van der Waals surface area contributed by atoms with Crippen molar-refractivity contribution < 1.29 is 14.3 Å². The summed E-state index contributed by atoms with van der Waals surface area (Å²) in [4.78, 5) is 12.2. The van der Waals surface area contributed by atoms with Gasteiger partial charge in [-0.1, -0.05) is 13.8 Å². The minimum Gasteiger partial charge on any atom is -0.493 e. The maximum absolute atomic E-state index is 12.2. The first kappa shape index (κ1) is 17.3. The first-order chi connectivity index (χ1) is 10.0. The molecular formula is C16H26N2O3. The van der Waals surface area contributed by atoms with Crippen LogP contribution in [-0.4, -0.2) is 26.2 Å². The van der Waals surface area contributed by atoms with Crippen molar-refractivity contribution in [1.82, 2.24) is 0 Å². The van der Waals surface area contributed by atoms with Gasteiger partial charge in [0.05, 0.1) is 19.6 Å². The number of hydrogen-bond donors (Lipinski definition) is 2. The second kappa shape index (κ2) is 8.52. The summed E-state index contributed by atoms with van der Waals surface area (Å²) in [6.07, 6.45) is 0.775. The Hall–Kier alpha value is -1.75. The van der Waals surface area contributed by atoms with Crippen LogP contribution in [0.1, 0.15) is 27.2 Å². The van der Waals surface area contributed by atoms with Crippen LogP contribution in [0.15, 0.2) is 18.2 Å². The smallest absolute Gasteiger partial charge is 0.228 e. The number of nitrogens with one attached hydrogen (secondary N) is 1. The van der Waals surface area contributed by atoms with Crippen molar-refractivity contribution in [2.24, 2.45) is 17.6 Å². The van der Waals surface area contributed by atoms with Crippen LogP contribution in [0.4, 0.5) is 5.69 Å². The SMILES string of the molecule is CCOc1cc(NC(=O)C(CN)CC(C)C)ccc1OC. The highest BCUT2D eigenvalue weighted by atomic mass is 16.5. The molecule has 0 bridgehead atoms. The molecule has 0 heterocycles. The van der Waals surface area contributed by atoms with Gasteiger partial charge >= 0.3 is 0 Å². The van der Waals surface area contributed by atoms with Gasteiger partial charge in [-0.25, -0.2) is 0 Å². The standard InChI is InChI=1S/C16H26N2O3/c1-5-21-15-9-13(6-7-14(15)20-4)18-16(19)12(10-17)8-11(2)3/h6-7,9,11-12H,5,8,10,17H2,1-4H3,(H,18,19). The molecule has 5 nitrogen and oxygen atoms in total. The first-order valence-electron chi connectivity index (χ1n) is 7.33. The van der Waals surface area contributed by atoms with E-state index in [9.17, 15) is 4.79 Å². The summed E-state index contributed by atoms with van der Waals surface area (Å²) in [5, 5.41) is 2.89. The molecule has 0 fully saturated rings. The summed E-state index contributed by atoms with van der Waals surface area (Å²) in [6.45, 7) is 6.94. The summed E-state index contributed by atoms with van der Waals surface area (Å²) in [6, 6.07) is 5.34. The third-order valence-corrected chi connectivity index (χ3v) is 3.14. The van der Waals surface area contributed by atoms with Gasteiger partial charge in [-0.05, 0) is 31.4 Å². The fraction of sp³-hybridized carbons (Fsp3) is 0.562. The second-order valence-corrected chi connectivity index (χ2v) is 5.35. The molecule has 0 saturated heterocycles. The van der Waals surface area contributed by atoms with Crippen molar-refractivity contribution in [3.05, 3.63) is 18.2 Å². The van der Waals surface area contributed by atoms with E-state index in [2.05, 4.69) is 19.2 Å². The number of hydrogen-bond acceptors (Lipinski definition) is 4. The lowest BCUT2D eigenvalue weighted by molar-refractivity contribution is -0.120. The number of carbonyl (C=O) groups is 1. The monoisotopic (exact) mass is 294 g/mol. The van der Waals surface area contributed by atoms with Crippen molar-refractivity contribution in [2.75, 3.05) is 25.6 Å². The molecule has 1 aromatic carbocycles. The summed E-state index contributed by atoms with van der Waals surface area (Å²) >= 11 is 0. The van der Waals surface area contributed by atoms with Crippen molar-refractivity contribution in [1.29, 1.82) is 0 Å². The van der Waals surface area contributed by atoms with Crippen molar-refractivity contribution in [2.45, 2.75) is 27.2 Å². The van der Waals surface area contributed by atoms with E-state index >= 15 is 0 Å². The number of anilines is 1.